The summed E-state index contributed by atoms with van der Waals surface area (Å²) in [7, 11) is 0. The molecule has 5 heteroatoms. The number of hydrogen-bond acceptors (Lipinski definition) is 5. The molecule has 0 atom stereocenters. The van der Waals surface area contributed by atoms with E-state index < -0.39 is 5.97 Å². The largest absolute Gasteiger partial charge is 0.409 e. The molecule has 0 aliphatic heterocycles. The summed E-state index contributed by atoms with van der Waals surface area (Å²) in [4.78, 5) is 15.7. The van der Waals surface area contributed by atoms with Gasteiger partial charge in [-0.05, 0) is 19.1 Å². The third-order valence-corrected chi connectivity index (χ3v) is 1.58. The van der Waals surface area contributed by atoms with Gasteiger partial charge in [-0.2, -0.15) is 0 Å². The summed E-state index contributed by atoms with van der Waals surface area (Å²) in [6.07, 6.45) is 0. The van der Waals surface area contributed by atoms with Crippen LogP contribution in [0.3, 0.4) is 0 Å². The lowest BCUT2D eigenvalue weighted by molar-refractivity contribution is -0.138. The number of para-hydroxylation sites is 2. The molecule has 4 N–H and O–H groups in total. The zero-order valence-corrected chi connectivity index (χ0v) is 8.23. The van der Waals surface area contributed by atoms with Gasteiger partial charge in [0.2, 0.25) is 0 Å². The Labute approximate surface area is 87.5 Å². The van der Waals surface area contributed by atoms with Crippen LogP contribution in [0.25, 0.3) is 0 Å². The first-order valence-corrected chi connectivity index (χ1v) is 4.19. The molecule has 0 radical (unpaired) electrons. The van der Waals surface area contributed by atoms with E-state index in [9.17, 15) is 4.79 Å². The molecule has 78 valence electrons. The molecule has 0 saturated heterocycles. The Bertz CT molecular complexity index is 420. The number of rotatable bonds is 2. The standard InChI is InChI=1S/C10H11N3O2/c1-2-5-10(14)15-13(12)9-7-4-3-6-8(9)11/h3-4,6-7H,11-12H2,1H3. The first-order valence-electron chi connectivity index (χ1n) is 4.19. The molecular formula is C10H11N3O2. The van der Waals surface area contributed by atoms with Crippen LogP contribution >= 0.6 is 0 Å². The van der Waals surface area contributed by atoms with Gasteiger partial charge in [0.05, 0.1) is 5.69 Å². The minimum Gasteiger partial charge on any atom is -0.397 e. The molecule has 0 unspecified atom stereocenters. The Morgan fingerprint density at radius 3 is 2.73 bits per heavy atom. The molecule has 0 fully saturated rings. The lowest BCUT2D eigenvalue weighted by Crippen LogP contribution is -2.33. The van der Waals surface area contributed by atoms with Crippen LogP contribution in [0.1, 0.15) is 6.92 Å². The average Bonchev–Trinajstić information content (AvgIpc) is 2.18. The lowest BCUT2D eigenvalue weighted by atomic mass is 10.3. The van der Waals surface area contributed by atoms with Gasteiger partial charge in [-0.3, -0.25) is 0 Å². The van der Waals surface area contributed by atoms with E-state index >= 15 is 0 Å². The van der Waals surface area contributed by atoms with E-state index in [1.807, 2.05) is 0 Å². The van der Waals surface area contributed by atoms with Crippen molar-refractivity contribution < 1.29 is 9.63 Å². The number of carbonyl (C=O) groups excluding carboxylic acids is 1. The highest BCUT2D eigenvalue weighted by Gasteiger charge is 2.09. The number of nitrogens with two attached hydrogens (primary N) is 2. The van der Waals surface area contributed by atoms with E-state index in [1.54, 1.807) is 24.3 Å². The van der Waals surface area contributed by atoms with Crippen molar-refractivity contribution in [1.82, 2.24) is 0 Å². The van der Waals surface area contributed by atoms with Crippen molar-refractivity contribution in [1.29, 1.82) is 0 Å². The number of nitrogens with zero attached hydrogens (tertiary/aromatic N) is 1. The minimum absolute atomic E-state index is 0.406. The molecule has 1 aromatic rings. The second-order valence-corrected chi connectivity index (χ2v) is 2.64. The molecule has 0 aliphatic carbocycles. The summed E-state index contributed by atoms with van der Waals surface area (Å²) in [6.45, 7) is 1.53. The van der Waals surface area contributed by atoms with Crippen molar-refractivity contribution in [3.63, 3.8) is 0 Å². The molecule has 0 heterocycles. The lowest BCUT2D eigenvalue weighted by Gasteiger charge is -2.16. The molecule has 0 bridgehead atoms. The maximum atomic E-state index is 11.0. The Balaban J connectivity index is 2.76. The predicted octanol–water partition coefficient (Wildman–Crippen LogP) is 0.430. The van der Waals surface area contributed by atoms with Crippen molar-refractivity contribution in [3.8, 4) is 11.8 Å². The van der Waals surface area contributed by atoms with Crippen LogP contribution in [-0.2, 0) is 9.63 Å². The smallest absolute Gasteiger partial charge is 0.397 e. The van der Waals surface area contributed by atoms with Crippen LogP contribution in [-0.4, -0.2) is 5.97 Å². The summed E-state index contributed by atoms with van der Waals surface area (Å²) < 4.78 is 0. The summed E-state index contributed by atoms with van der Waals surface area (Å²) in [5.74, 6) is 9.33. The summed E-state index contributed by atoms with van der Waals surface area (Å²) in [6, 6.07) is 6.75. The molecule has 0 spiro atoms. The summed E-state index contributed by atoms with van der Waals surface area (Å²) in [5, 5.41) is 0.794. The van der Waals surface area contributed by atoms with Crippen molar-refractivity contribution in [2.75, 3.05) is 10.9 Å². The molecule has 5 nitrogen and oxygen atoms in total. The van der Waals surface area contributed by atoms with E-state index in [-0.39, 0.29) is 0 Å². The van der Waals surface area contributed by atoms with Crippen molar-refractivity contribution >= 4 is 17.3 Å². The summed E-state index contributed by atoms with van der Waals surface area (Å²) in [5.41, 5.74) is 6.44. The second kappa shape index (κ2) is 4.88. The fourth-order valence-electron chi connectivity index (χ4n) is 0.952. The normalized spacial score (nSPS) is 8.67. The van der Waals surface area contributed by atoms with E-state index in [4.69, 9.17) is 11.6 Å². The third-order valence-electron chi connectivity index (χ3n) is 1.58. The van der Waals surface area contributed by atoms with E-state index in [0.717, 1.165) is 5.17 Å². The summed E-state index contributed by atoms with van der Waals surface area (Å²) >= 11 is 0. The third kappa shape index (κ3) is 2.90. The zero-order valence-electron chi connectivity index (χ0n) is 8.23. The van der Waals surface area contributed by atoms with E-state index in [1.165, 1.54) is 6.92 Å². The SMILES string of the molecule is CC#CC(=O)ON(N)c1ccccc1N. The molecule has 0 aromatic heterocycles. The molecular weight excluding hydrogens is 194 g/mol. The minimum atomic E-state index is -0.733. The number of anilines is 2. The Kier molecular flexibility index (Phi) is 3.55. The highest BCUT2D eigenvalue weighted by Crippen LogP contribution is 2.19. The van der Waals surface area contributed by atoms with Gasteiger partial charge in [-0.1, -0.05) is 18.1 Å². The molecule has 0 saturated carbocycles. The van der Waals surface area contributed by atoms with Gasteiger partial charge >= 0.3 is 5.97 Å². The monoisotopic (exact) mass is 205 g/mol. The maximum Gasteiger partial charge on any atom is 0.409 e. The van der Waals surface area contributed by atoms with E-state index in [0.29, 0.717) is 11.4 Å². The number of nitrogen functional groups attached to an aromatic ring is 1. The molecule has 15 heavy (non-hydrogen) atoms. The molecule has 0 aliphatic rings. The first kappa shape index (κ1) is 10.9. The number of benzene rings is 1. The molecule has 1 aromatic carbocycles. The average molecular weight is 205 g/mol. The zero-order chi connectivity index (χ0) is 11.3. The van der Waals surface area contributed by atoms with Crippen molar-refractivity contribution in [3.05, 3.63) is 24.3 Å². The molecule has 1 rings (SSSR count). The van der Waals surface area contributed by atoms with Gasteiger partial charge in [0.25, 0.3) is 0 Å². The van der Waals surface area contributed by atoms with Crippen LogP contribution in [0.4, 0.5) is 11.4 Å². The van der Waals surface area contributed by atoms with Gasteiger partial charge in [0, 0.05) is 5.92 Å². The highest BCUT2D eigenvalue weighted by atomic mass is 16.7. The number of hydrazine groups is 1. The highest BCUT2D eigenvalue weighted by molar-refractivity contribution is 5.89. The van der Waals surface area contributed by atoms with E-state index in [2.05, 4.69) is 16.7 Å². The van der Waals surface area contributed by atoms with Crippen LogP contribution in [0.15, 0.2) is 24.3 Å². The van der Waals surface area contributed by atoms with Crippen LogP contribution in [0.5, 0.6) is 0 Å². The quantitative estimate of drug-likeness (QED) is 0.316. The fourth-order valence-corrected chi connectivity index (χ4v) is 0.952. The Morgan fingerprint density at radius 1 is 1.47 bits per heavy atom. The van der Waals surface area contributed by atoms with Crippen LogP contribution in [0, 0.1) is 11.8 Å². The topological polar surface area (TPSA) is 81.6 Å². The number of carbonyl (C=O) groups is 1. The van der Waals surface area contributed by atoms with Gasteiger partial charge in [-0.15, -0.1) is 5.17 Å². The predicted molar refractivity (Wildman–Crippen MR) is 57.1 cm³/mol. The van der Waals surface area contributed by atoms with Crippen molar-refractivity contribution in [2.45, 2.75) is 6.92 Å². The van der Waals surface area contributed by atoms with Gasteiger partial charge in [0.15, 0.2) is 0 Å². The van der Waals surface area contributed by atoms with Crippen molar-refractivity contribution in [2.24, 2.45) is 5.84 Å². The Morgan fingerprint density at radius 2 is 2.13 bits per heavy atom. The van der Waals surface area contributed by atoms with Crippen LogP contribution < -0.4 is 16.7 Å². The maximum absolute atomic E-state index is 11.0. The van der Waals surface area contributed by atoms with Gasteiger partial charge in [-0.25, -0.2) is 10.6 Å². The van der Waals surface area contributed by atoms with Gasteiger partial charge in [0.1, 0.15) is 5.69 Å². The van der Waals surface area contributed by atoms with Crippen LogP contribution in [0.2, 0.25) is 0 Å². The first-order chi connectivity index (χ1) is 7.15. The number of hydrogen-bond donors (Lipinski definition) is 2. The second-order valence-electron chi connectivity index (χ2n) is 2.64. The fraction of sp³-hybridized carbons (Fsp3) is 0.100. The van der Waals surface area contributed by atoms with Gasteiger partial charge < -0.3 is 10.6 Å². The Hall–Kier alpha value is -2.19. The molecule has 0 amide bonds.